The molecular formula is C11H11FO3. The zero-order chi connectivity index (χ0) is 11.3. The van der Waals surface area contributed by atoms with Crippen LogP contribution in [-0.2, 0) is 9.53 Å². The van der Waals surface area contributed by atoms with Gasteiger partial charge in [0.15, 0.2) is 0 Å². The number of carbonyl (C=O) groups excluding carboxylic acids is 2. The molecule has 0 aliphatic carbocycles. The van der Waals surface area contributed by atoms with Gasteiger partial charge in [0.2, 0.25) is 0 Å². The number of rotatable bonds is 4. The Morgan fingerprint density at radius 1 is 1.47 bits per heavy atom. The van der Waals surface area contributed by atoms with Crippen molar-refractivity contribution in [3.05, 3.63) is 35.4 Å². The fourth-order valence-corrected chi connectivity index (χ4v) is 1.13. The number of alkyl halides is 1. The second kappa shape index (κ2) is 5.24. The molecule has 1 atom stereocenters. The molecule has 0 saturated carbocycles. The molecule has 0 heterocycles. The van der Waals surface area contributed by atoms with Gasteiger partial charge in [-0.3, -0.25) is 9.59 Å². The molecule has 0 fully saturated rings. The number of aldehydes is 1. The van der Waals surface area contributed by atoms with Crippen molar-refractivity contribution < 1.29 is 18.7 Å². The third-order valence-electron chi connectivity index (χ3n) is 2.01. The Bertz CT molecular complexity index is 345. The maximum atomic E-state index is 13.4. The molecule has 1 aromatic carbocycles. The molecule has 0 spiro atoms. The van der Waals surface area contributed by atoms with E-state index in [0.717, 1.165) is 0 Å². The van der Waals surface area contributed by atoms with Crippen LogP contribution in [0.2, 0.25) is 0 Å². The average molecular weight is 210 g/mol. The molecule has 0 bridgehead atoms. The Balaban J connectivity index is 2.69. The maximum Gasteiger partial charge on any atom is 0.308 e. The molecule has 1 rings (SSSR count). The Labute approximate surface area is 86.9 Å². The SMILES string of the molecule is COC(=O)CC(F)c1ccc(C=O)cc1. The fraction of sp³-hybridized carbons (Fsp3) is 0.273. The summed E-state index contributed by atoms with van der Waals surface area (Å²) in [7, 11) is 1.21. The summed E-state index contributed by atoms with van der Waals surface area (Å²) in [5.74, 6) is -0.595. The van der Waals surface area contributed by atoms with Crippen LogP contribution in [0.5, 0.6) is 0 Å². The van der Waals surface area contributed by atoms with Crippen LogP contribution in [0.15, 0.2) is 24.3 Å². The second-order valence-electron chi connectivity index (χ2n) is 3.03. The van der Waals surface area contributed by atoms with Gasteiger partial charge in [-0.15, -0.1) is 0 Å². The predicted octanol–water partition coefficient (Wildman–Crippen LogP) is 2.07. The van der Waals surface area contributed by atoms with E-state index in [1.807, 2.05) is 0 Å². The number of methoxy groups -OCH3 is 1. The first-order chi connectivity index (χ1) is 7.17. The van der Waals surface area contributed by atoms with Gasteiger partial charge in [0.25, 0.3) is 0 Å². The van der Waals surface area contributed by atoms with Crippen molar-refractivity contribution in [3.63, 3.8) is 0 Å². The number of hydrogen-bond acceptors (Lipinski definition) is 3. The summed E-state index contributed by atoms with van der Waals surface area (Å²) in [6.07, 6.45) is -1.02. The molecular weight excluding hydrogens is 199 g/mol. The number of halogens is 1. The molecule has 0 aromatic heterocycles. The van der Waals surface area contributed by atoms with Crippen molar-refractivity contribution in [2.24, 2.45) is 0 Å². The van der Waals surface area contributed by atoms with E-state index in [2.05, 4.69) is 4.74 Å². The van der Waals surface area contributed by atoms with E-state index in [9.17, 15) is 14.0 Å². The molecule has 0 aliphatic heterocycles. The lowest BCUT2D eigenvalue weighted by atomic mass is 10.1. The zero-order valence-electron chi connectivity index (χ0n) is 8.27. The molecule has 4 heteroatoms. The van der Waals surface area contributed by atoms with Gasteiger partial charge in [-0.05, 0) is 5.56 Å². The summed E-state index contributed by atoms with van der Waals surface area (Å²) in [6.45, 7) is 0. The first-order valence-electron chi connectivity index (χ1n) is 4.43. The quantitative estimate of drug-likeness (QED) is 0.564. The monoisotopic (exact) mass is 210 g/mol. The van der Waals surface area contributed by atoms with Gasteiger partial charge in [-0.25, -0.2) is 4.39 Å². The molecule has 0 aliphatic rings. The smallest absolute Gasteiger partial charge is 0.308 e. The molecule has 3 nitrogen and oxygen atoms in total. The zero-order valence-corrected chi connectivity index (χ0v) is 8.27. The third kappa shape index (κ3) is 3.16. The van der Waals surface area contributed by atoms with E-state index in [-0.39, 0.29) is 6.42 Å². The predicted molar refractivity (Wildman–Crippen MR) is 52.3 cm³/mol. The van der Waals surface area contributed by atoms with Gasteiger partial charge >= 0.3 is 5.97 Å². The lowest BCUT2D eigenvalue weighted by Gasteiger charge is -2.06. The Morgan fingerprint density at radius 2 is 2.07 bits per heavy atom. The van der Waals surface area contributed by atoms with Crippen molar-refractivity contribution in [2.75, 3.05) is 7.11 Å². The summed E-state index contributed by atoms with van der Waals surface area (Å²) < 4.78 is 17.8. The molecule has 1 aromatic rings. The molecule has 0 radical (unpaired) electrons. The van der Waals surface area contributed by atoms with Crippen LogP contribution in [0.3, 0.4) is 0 Å². The molecule has 0 N–H and O–H groups in total. The van der Waals surface area contributed by atoms with Gasteiger partial charge in [-0.2, -0.15) is 0 Å². The van der Waals surface area contributed by atoms with E-state index in [1.54, 1.807) is 0 Å². The summed E-state index contributed by atoms with van der Waals surface area (Å²) >= 11 is 0. The van der Waals surface area contributed by atoms with E-state index in [0.29, 0.717) is 17.4 Å². The molecule has 0 saturated heterocycles. The fourth-order valence-electron chi connectivity index (χ4n) is 1.13. The summed E-state index contributed by atoms with van der Waals surface area (Å²) in [5.41, 5.74) is 0.843. The third-order valence-corrected chi connectivity index (χ3v) is 2.01. The summed E-state index contributed by atoms with van der Waals surface area (Å²) in [5, 5.41) is 0. The van der Waals surface area contributed by atoms with Crippen LogP contribution in [-0.4, -0.2) is 19.4 Å². The Hall–Kier alpha value is -1.71. The molecule has 0 amide bonds. The molecule has 1 unspecified atom stereocenters. The topological polar surface area (TPSA) is 43.4 Å². The standard InChI is InChI=1S/C11H11FO3/c1-15-11(14)6-10(12)9-4-2-8(7-13)3-5-9/h2-5,7,10H,6H2,1H3. The van der Waals surface area contributed by atoms with Crippen molar-refractivity contribution in [3.8, 4) is 0 Å². The highest BCUT2D eigenvalue weighted by Gasteiger charge is 2.14. The second-order valence-corrected chi connectivity index (χ2v) is 3.03. The average Bonchev–Trinajstić information content (AvgIpc) is 2.29. The van der Waals surface area contributed by atoms with E-state index < -0.39 is 12.1 Å². The highest BCUT2D eigenvalue weighted by atomic mass is 19.1. The minimum Gasteiger partial charge on any atom is -0.469 e. The number of ether oxygens (including phenoxy) is 1. The first kappa shape index (κ1) is 11.4. The number of carbonyl (C=O) groups is 2. The van der Waals surface area contributed by atoms with Gasteiger partial charge in [0.05, 0.1) is 13.5 Å². The lowest BCUT2D eigenvalue weighted by Crippen LogP contribution is -2.05. The van der Waals surface area contributed by atoms with E-state index in [4.69, 9.17) is 0 Å². The number of esters is 1. The minimum atomic E-state index is -1.39. The van der Waals surface area contributed by atoms with Crippen LogP contribution in [0.1, 0.15) is 28.5 Å². The minimum absolute atomic E-state index is 0.309. The van der Waals surface area contributed by atoms with Gasteiger partial charge in [-0.1, -0.05) is 24.3 Å². The van der Waals surface area contributed by atoms with Crippen molar-refractivity contribution in [1.82, 2.24) is 0 Å². The largest absolute Gasteiger partial charge is 0.469 e. The Kier molecular flexibility index (Phi) is 3.97. The van der Waals surface area contributed by atoms with Crippen molar-refractivity contribution in [1.29, 1.82) is 0 Å². The molecule has 80 valence electrons. The normalized spacial score (nSPS) is 11.9. The van der Waals surface area contributed by atoms with Gasteiger partial charge in [0.1, 0.15) is 12.5 Å². The van der Waals surface area contributed by atoms with Gasteiger partial charge < -0.3 is 4.74 Å². The number of hydrogen-bond donors (Lipinski definition) is 0. The van der Waals surface area contributed by atoms with Crippen LogP contribution in [0, 0.1) is 0 Å². The van der Waals surface area contributed by atoms with Crippen LogP contribution in [0.4, 0.5) is 4.39 Å². The Morgan fingerprint density at radius 3 is 2.53 bits per heavy atom. The van der Waals surface area contributed by atoms with Crippen molar-refractivity contribution in [2.45, 2.75) is 12.6 Å². The summed E-state index contributed by atoms with van der Waals surface area (Å²) in [4.78, 5) is 21.1. The van der Waals surface area contributed by atoms with Crippen molar-refractivity contribution >= 4 is 12.3 Å². The lowest BCUT2D eigenvalue weighted by molar-refractivity contribution is -0.141. The highest BCUT2D eigenvalue weighted by Crippen LogP contribution is 2.21. The van der Waals surface area contributed by atoms with Gasteiger partial charge in [0, 0.05) is 5.56 Å². The first-order valence-corrected chi connectivity index (χ1v) is 4.43. The number of benzene rings is 1. The maximum absolute atomic E-state index is 13.4. The van der Waals surface area contributed by atoms with Crippen LogP contribution < -0.4 is 0 Å². The van der Waals surface area contributed by atoms with Crippen LogP contribution >= 0.6 is 0 Å². The van der Waals surface area contributed by atoms with Crippen LogP contribution in [0.25, 0.3) is 0 Å². The molecule has 15 heavy (non-hydrogen) atoms. The summed E-state index contributed by atoms with van der Waals surface area (Å²) in [6, 6.07) is 5.98. The van der Waals surface area contributed by atoms with E-state index in [1.165, 1.54) is 31.4 Å². The highest BCUT2D eigenvalue weighted by molar-refractivity contribution is 5.74. The van der Waals surface area contributed by atoms with E-state index >= 15 is 0 Å².